The highest BCUT2D eigenvalue weighted by atomic mass is 31.2. The first-order valence-electron chi connectivity index (χ1n) is 14.3. The van der Waals surface area contributed by atoms with Gasteiger partial charge in [-0.3, -0.25) is 18.5 Å². The number of pyridine rings is 2. The molecule has 0 spiro atoms. The number of carbonyl (C=O) groups excluding carboxylic acids is 1. The summed E-state index contributed by atoms with van der Waals surface area (Å²) in [6.07, 6.45) is -0.628. The minimum atomic E-state index is -5.12. The normalized spacial score (nSPS) is 18.9. The number of nitrogens with zero attached hydrogens (tertiary/aromatic N) is 3. The van der Waals surface area contributed by atoms with Crippen molar-refractivity contribution in [2.75, 3.05) is 18.0 Å². The summed E-state index contributed by atoms with van der Waals surface area (Å²) in [4.78, 5) is 80.2. The van der Waals surface area contributed by atoms with E-state index >= 15 is 4.39 Å². The first kappa shape index (κ1) is 34.3. The Bertz CT molecular complexity index is 2140. The van der Waals surface area contributed by atoms with Crippen LogP contribution < -0.4 is 20.4 Å². The number of aromatic carboxylic acids is 1. The lowest BCUT2D eigenvalue weighted by Crippen LogP contribution is -2.36. The Morgan fingerprint density at radius 1 is 0.959 bits per heavy atom. The molecule has 1 aliphatic heterocycles. The average Bonchev–Trinajstić information content (AvgIpc) is 3.41. The SMILES string of the molecule is O=C(NC1[C@H]2CN(c3nc4c(cc3F)c(=O)c(C(=O)O)cn4-c3ccc(F)cc3F)C[C@@H]12)Oc1ccc(CC(P(=O)(O)O)P(=O)(O)O)cc1. The molecule has 258 valence electrons. The molecule has 6 N–H and O–H groups in total. The van der Waals surface area contributed by atoms with Crippen molar-refractivity contribution in [2.45, 2.75) is 17.9 Å². The molecule has 3 heterocycles. The third kappa shape index (κ3) is 6.84. The third-order valence-electron chi connectivity index (χ3n) is 8.42. The molecular formula is C29H25F3N4O11P2. The molecule has 2 fully saturated rings. The number of amides is 1. The monoisotopic (exact) mass is 724 g/mol. The smallest absolute Gasteiger partial charge is 0.412 e. The van der Waals surface area contributed by atoms with Gasteiger partial charge in [-0.05, 0) is 42.3 Å². The molecule has 15 nitrogen and oxygen atoms in total. The first-order valence-corrected chi connectivity index (χ1v) is 17.7. The fraction of sp³-hybridized carbons (Fsp3) is 0.241. The van der Waals surface area contributed by atoms with Crippen molar-refractivity contribution in [3.8, 4) is 11.4 Å². The van der Waals surface area contributed by atoms with Crippen LogP contribution in [0.25, 0.3) is 16.7 Å². The van der Waals surface area contributed by atoms with Crippen LogP contribution in [0.4, 0.5) is 23.8 Å². The van der Waals surface area contributed by atoms with E-state index < -0.39 is 72.9 Å². The second-order valence-corrected chi connectivity index (χ2v) is 15.6. The van der Waals surface area contributed by atoms with Crippen molar-refractivity contribution in [1.82, 2.24) is 14.9 Å². The number of hydrogen-bond acceptors (Lipinski definition) is 8. The number of rotatable bonds is 9. The topological polar surface area (TPSA) is 229 Å². The van der Waals surface area contributed by atoms with Crippen molar-refractivity contribution >= 4 is 44.1 Å². The maximum Gasteiger partial charge on any atom is 0.412 e. The van der Waals surface area contributed by atoms with E-state index in [-0.39, 0.29) is 59.4 Å². The van der Waals surface area contributed by atoms with E-state index in [1.807, 2.05) is 0 Å². The fourth-order valence-electron chi connectivity index (χ4n) is 5.97. The van der Waals surface area contributed by atoms with Crippen molar-refractivity contribution < 1.29 is 61.3 Å². The fourth-order valence-corrected chi connectivity index (χ4v) is 8.44. The van der Waals surface area contributed by atoms with Crippen LogP contribution in [0.1, 0.15) is 15.9 Å². The molecule has 6 rings (SSSR count). The number of piperidine rings is 1. The predicted molar refractivity (Wildman–Crippen MR) is 164 cm³/mol. The van der Waals surface area contributed by atoms with Crippen molar-refractivity contribution in [3.63, 3.8) is 0 Å². The Kier molecular flexibility index (Phi) is 8.67. The molecule has 2 aromatic heterocycles. The van der Waals surface area contributed by atoms with E-state index in [9.17, 15) is 57.0 Å². The number of carboxylic acid groups (broad SMARTS) is 1. The Labute approximate surface area is 272 Å². The number of halogens is 3. The van der Waals surface area contributed by atoms with Crippen LogP contribution in [0.5, 0.6) is 5.75 Å². The van der Waals surface area contributed by atoms with E-state index in [1.165, 1.54) is 24.3 Å². The number of anilines is 1. The highest BCUT2D eigenvalue weighted by Crippen LogP contribution is 2.61. The molecule has 20 heteroatoms. The highest BCUT2D eigenvalue weighted by molar-refractivity contribution is 7.70. The van der Waals surface area contributed by atoms with Gasteiger partial charge in [0.05, 0.1) is 11.1 Å². The summed E-state index contributed by atoms with van der Waals surface area (Å²) in [5.41, 5.74) is -2.24. The van der Waals surface area contributed by atoms with Gasteiger partial charge in [-0.25, -0.2) is 27.7 Å². The molecule has 1 amide bonds. The zero-order valence-corrected chi connectivity index (χ0v) is 26.5. The van der Waals surface area contributed by atoms with Crippen LogP contribution in [-0.4, -0.2) is 70.8 Å². The second-order valence-electron chi connectivity index (χ2n) is 11.6. The summed E-state index contributed by atoms with van der Waals surface area (Å²) in [5, 5.41) is 9.55. The number of ether oxygens (including phenoxy) is 1. The maximum absolute atomic E-state index is 15.4. The largest absolute Gasteiger partial charge is 0.477 e. The van der Waals surface area contributed by atoms with Crippen LogP contribution >= 0.6 is 15.2 Å². The molecule has 1 unspecified atom stereocenters. The van der Waals surface area contributed by atoms with E-state index in [0.29, 0.717) is 6.07 Å². The van der Waals surface area contributed by atoms with Crippen LogP contribution in [0.2, 0.25) is 0 Å². The molecule has 2 aromatic carbocycles. The quantitative estimate of drug-likeness (QED) is 0.137. The van der Waals surface area contributed by atoms with Crippen molar-refractivity contribution in [2.24, 2.45) is 11.8 Å². The number of carboxylic acids is 1. The van der Waals surface area contributed by atoms with Crippen LogP contribution in [0.15, 0.2) is 59.5 Å². The summed E-state index contributed by atoms with van der Waals surface area (Å²) in [7, 11) is -10.2. The Morgan fingerprint density at radius 3 is 2.16 bits per heavy atom. The minimum absolute atomic E-state index is 0.0368. The Morgan fingerprint density at radius 2 is 1.59 bits per heavy atom. The standard InChI is InChI=1S/C29H25F3N4O11P2/c30-14-3-6-22(20(31)8-14)36-12-19(28(38)39)25(37)16-9-21(32)27(34-26(16)36)35-10-17-18(11-35)24(17)33-29(40)47-15-4-1-13(2-5-15)7-23(48(41,42)43)49(44,45)46/h1-6,8-9,12,17-18,23-24H,7,10-11H2,(H,33,40)(H,38,39)(H2,41,42,43)(H2,44,45,46)/t17-,18+,24?. The lowest BCUT2D eigenvalue weighted by atomic mass is 10.1. The summed E-state index contributed by atoms with van der Waals surface area (Å²) in [6.45, 7) is 0.421. The van der Waals surface area contributed by atoms with Gasteiger partial charge >= 0.3 is 27.3 Å². The molecule has 0 bridgehead atoms. The Hall–Kier alpha value is -4.57. The molecule has 3 atom stereocenters. The van der Waals surface area contributed by atoms with Gasteiger partial charge in [-0.1, -0.05) is 12.1 Å². The lowest BCUT2D eigenvalue weighted by molar-refractivity contribution is 0.0694. The zero-order chi connectivity index (χ0) is 35.6. The minimum Gasteiger partial charge on any atom is -0.477 e. The Balaban J connectivity index is 1.14. The number of aromatic nitrogens is 2. The number of nitrogens with one attached hydrogen (secondary N) is 1. The number of carbonyl (C=O) groups is 2. The zero-order valence-electron chi connectivity index (χ0n) is 24.7. The van der Waals surface area contributed by atoms with Crippen molar-refractivity contribution in [1.29, 1.82) is 0 Å². The first-order chi connectivity index (χ1) is 22.9. The van der Waals surface area contributed by atoms with Gasteiger partial charge in [-0.2, -0.15) is 0 Å². The van der Waals surface area contributed by atoms with E-state index in [4.69, 9.17) is 4.74 Å². The number of hydrogen-bond donors (Lipinski definition) is 6. The molecule has 1 saturated heterocycles. The highest BCUT2D eigenvalue weighted by Gasteiger charge is 2.57. The second kappa shape index (κ2) is 12.4. The summed E-state index contributed by atoms with van der Waals surface area (Å²) in [6, 6.07) is 8.12. The van der Waals surface area contributed by atoms with Gasteiger partial charge in [0.1, 0.15) is 22.9 Å². The number of benzene rings is 2. The van der Waals surface area contributed by atoms with E-state index in [1.54, 1.807) is 4.90 Å². The van der Waals surface area contributed by atoms with Gasteiger partial charge < -0.3 is 39.6 Å². The van der Waals surface area contributed by atoms with Gasteiger partial charge in [0.2, 0.25) is 5.43 Å². The van der Waals surface area contributed by atoms with Crippen LogP contribution in [0.3, 0.4) is 0 Å². The molecule has 1 aliphatic carbocycles. The van der Waals surface area contributed by atoms with Crippen LogP contribution in [0, 0.1) is 29.3 Å². The van der Waals surface area contributed by atoms with Gasteiger partial charge in [0.15, 0.2) is 22.7 Å². The molecule has 1 saturated carbocycles. The summed E-state index contributed by atoms with van der Waals surface area (Å²) in [5.74, 6) is -5.06. The predicted octanol–water partition coefficient (Wildman–Crippen LogP) is 2.95. The maximum atomic E-state index is 15.4. The van der Waals surface area contributed by atoms with E-state index in [2.05, 4.69) is 10.3 Å². The molecular weight excluding hydrogens is 699 g/mol. The molecule has 49 heavy (non-hydrogen) atoms. The van der Waals surface area contributed by atoms with Crippen molar-refractivity contribution in [3.05, 3.63) is 93.5 Å². The molecule has 2 aliphatic rings. The lowest BCUT2D eigenvalue weighted by Gasteiger charge is -2.23. The van der Waals surface area contributed by atoms with E-state index in [0.717, 1.165) is 29.0 Å². The average molecular weight is 724 g/mol. The number of fused-ring (bicyclic) bond motifs is 2. The summed E-state index contributed by atoms with van der Waals surface area (Å²) >= 11 is 0. The third-order valence-corrected chi connectivity index (χ3v) is 12.1. The summed E-state index contributed by atoms with van der Waals surface area (Å²) < 4.78 is 73.0. The van der Waals surface area contributed by atoms with Gasteiger partial charge in [-0.15, -0.1) is 0 Å². The molecule has 0 radical (unpaired) electrons. The van der Waals surface area contributed by atoms with Crippen LogP contribution in [-0.2, 0) is 15.6 Å². The van der Waals surface area contributed by atoms with Gasteiger partial charge in [0, 0.05) is 43.2 Å². The van der Waals surface area contributed by atoms with Gasteiger partial charge in [0.25, 0.3) is 0 Å². The molecule has 4 aromatic rings.